The minimum absolute atomic E-state index is 0.0868. The standard InChI is InChI=1S/C8H13BrF3N/c9-7(8(10,11)12)6-13-4-2-1-3-5-13/h7H,1-6H2. The Hall–Kier alpha value is 0.230. The molecule has 1 rings (SSSR count). The molecule has 1 aliphatic heterocycles. The van der Waals surface area contributed by atoms with E-state index in [4.69, 9.17) is 0 Å². The van der Waals surface area contributed by atoms with Gasteiger partial charge in [0.15, 0.2) is 0 Å². The minimum atomic E-state index is -4.11. The lowest BCUT2D eigenvalue weighted by Crippen LogP contribution is -2.39. The van der Waals surface area contributed by atoms with Gasteiger partial charge in [0.2, 0.25) is 0 Å². The van der Waals surface area contributed by atoms with Gasteiger partial charge >= 0.3 is 6.18 Å². The van der Waals surface area contributed by atoms with Crippen molar-refractivity contribution in [2.75, 3.05) is 19.6 Å². The third-order valence-electron chi connectivity index (χ3n) is 2.22. The highest BCUT2D eigenvalue weighted by molar-refractivity contribution is 9.09. The number of hydrogen-bond donors (Lipinski definition) is 0. The molecule has 5 heteroatoms. The first-order valence-electron chi connectivity index (χ1n) is 4.43. The van der Waals surface area contributed by atoms with Gasteiger partial charge < -0.3 is 4.90 Å². The van der Waals surface area contributed by atoms with Crippen LogP contribution in [0.4, 0.5) is 13.2 Å². The van der Waals surface area contributed by atoms with Crippen LogP contribution in [0.1, 0.15) is 19.3 Å². The van der Waals surface area contributed by atoms with Gasteiger partial charge in [-0.25, -0.2) is 0 Å². The van der Waals surface area contributed by atoms with Crippen molar-refractivity contribution in [1.29, 1.82) is 0 Å². The molecular formula is C8H13BrF3N. The van der Waals surface area contributed by atoms with Crippen molar-refractivity contribution in [3.05, 3.63) is 0 Å². The molecule has 0 N–H and O–H groups in total. The number of likely N-dealkylation sites (tertiary alicyclic amines) is 1. The van der Waals surface area contributed by atoms with Gasteiger partial charge in [-0.1, -0.05) is 22.4 Å². The van der Waals surface area contributed by atoms with Gasteiger partial charge in [-0.05, 0) is 25.9 Å². The van der Waals surface area contributed by atoms with E-state index in [-0.39, 0.29) is 6.54 Å². The van der Waals surface area contributed by atoms with Crippen LogP contribution >= 0.6 is 15.9 Å². The topological polar surface area (TPSA) is 3.24 Å². The van der Waals surface area contributed by atoms with Crippen LogP contribution in [0.2, 0.25) is 0 Å². The maximum absolute atomic E-state index is 12.1. The Kier molecular flexibility index (Phi) is 4.04. The third-order valence-corrected chi connectivity index (χ3v) is 3.03. The van der Waals surface area contributed by atoms with E-state index < -0.39 is 11.0 Å². The number of hydrogen-bond acceptors (Lipinski definition) is 1. The Morgan fingerprint density at radius 2 is 1.69 bits per heavy atom. The Morgan fingerprint density at radius 3 is 2.15 bits per heavy atom. The first kappa shape index (κ1) is 11.3. The molecule has 1 unspecified atom stereocenters. The molecule has 1 aliphatic rings. The Bertz CT molecular complexity index is 154. The first-order chi connectivity index (χ1) is 6.00. The quantitative estimate of drug-likeness (QED) is 0.690. The summed E-state index contributed by atoms with van der Waals surface area (Å²) in [7, 11) is 0. The molecule has 0 saturated carbocycles. The fraction of sp³-hybridized carbons (Fsp3) is 1.00. The second-order valence-corrected chi connectivity index (χ2v) is 4.48. The molecule has 78 valence electrons. The molecule has 0 amide bonds. The van der Waals surface area contributed by atoms with Crippen molar-refractivity contribution < 1.29 is 13.2 Å². The van der Waals surface area contributed by atoms with Gasteiger partial charge in [-0.2, -0.15) is 13.2 Å². The van der Waals surface area contributed by atoms with Crippen LogP contribution in [0.15, 0.2) is 0 Å². The zero-order valence-electron chi connectivity index (χ0n) is 7.28. The average Bonchev–Trinajstić information content (AvgIpc) is 2.04. The normalized spacial score (nSPS) is 23.1. The van der Waals surface area contributed by atoms with E-state index in [1.807, 2.05) is 4.90 Å². The van der Waals surface area contributed by atoms with Crippen LogP contribution in [0.25, 0.3) is 0 Å². The molecule has 0 aromatic heterocycles. The van der Waals surface area contributed by atoms with Crippen molar-refractivity contribution in [3.8, 4) is 0 Å². The fourth-order valence-electron chi connectivity index (χ4n) is 1.47. The monoisotopic (exact) mass is 259 g/mol. The van der Waals surface area contributed by atoms with Crippen LogP contribution in [0.3, 0.4) is 0 Å². The van der Waals surface area contributed by atoms with Gasteiger partial charge in [0.1, 0.15) is 4.83 Å². The zero-order chi connectivity index (χ0) is 9.90. The predicted molar refractivity (Wildman–Crippen MR) is 49.1 cm³/mol. The van der Waals surface area contributed by atoms with Gasteiger partial charge in [-0.3, -0.25) is 0 Å². The lowest BCUT2D eigenvalue weighted by molar-refractivity contribution is -0.130. The van der Waals surface area contributed by atoms with E-state index in [1.165, 1.54) is 0 Å². The summed E-state index contributed by atoms with van der Waals surface area (Å²) in [6.45, 7) is 1.69. The van der Waals surface area contributed by atoms with Crippen LogP contribution in [0.5, 0.6) is 0 Å². The lowest BCUT2D eigenvalue weighted by atomic mass is 10.1. The molecule has 1 fully saturated rings. The maximum Gasteiger partial charge on any atom is 0.402 e. The smallest absolute Gasteiger partial charge is 0.302 e. The van der Waals surface area contributed by atoms with Gasteiger partial charge in [0.05, 0.1) is 0 Å². The summed E-state index contributed by atoms with van der Waals surface area (Å²) in [6.07, 6.45) is -0.915. The summed E-state index contributed by atoms with van der Waals surface area (Å²) in [5.74, 6) is 0. The second-order valence-electron chi connectivity index (χ2n) is 3.37. The largest absolute Gasteiger partial charge is 0.402 e. The molecule has 13 heavy (non-hydrogen) atoms. The molecule has 1 nitrogen and oxygen atoms in total. The number of halogens is 4. The highest BCUT2D eigenvalue weighted by Gasteiger charge is 2.38. The molecule has 1 atom stereocenters. The van der Waals surface area contributed by atoms with Crippen LogP contribution in [-0.2, 0) is 0 Å². The number of rotatable bonds is 2. The molecular weight excluding hydrogens is 247 g/mol. The molecule has 1 saturated heterocycles. The van der Waals surface area contributed by atoms with Crippen molar-refractivity contribution >= 4 is 15.9 Å². The molecule has 1 heterocycles. The fourth-order valence-corrected chi connectivity index (χ4v) is 1.88. The van der Waals surface area contributed by atoms with E-state index >= 15 is 0 Å². The third kappa shape index (κ3) is 3.85. The SMILES string of the molecule is FC(F)(F)C(Br)CN1CCCCC1. The summed E-state index contributed by atoms with van der Waals surface area (Å²) in [6, 6.07) is 0. The summed E-state index contributed by atoms with van der Waals surface area (Å²) < 4.78 is 36.4. The Morgan fingerprint density at radius 1 is 1.15 bits per heavy atom. The number of alkyl halides is 4. The highest BCUT2D eigenvalue weighted by Crippen LogP contribution is 2.27. The van der Waals surface area contributed by atoms with Crippen molar-refractivity contribution in [2.24, 2.45) is 0 Å². The number of nitrogens with zero attached hydrogens (tertiary/aromatic N) is 1. The van der Waals surface area contributed by atoms with E-state index in [2.05, 4.69) is 15.9 Å². The number of piperidine rings is 1. The van der Waals surface area contributed by atoms with Crippen molar-refractivity contribution in [2.45, 2.75) is 30.3 Å². The van der Waals surface area contributed by atoms with Gasteiger partial charge in [0, 0.05) is 6.54 Å². The van der Waals surface area contributed by atoms with Crippen molar-refractivity contribution in [1.82, 2.24) is 4.90 Å². The average molecular weight is 260 g/mol. The van der Waals surface area contributed by atoms with E-state index in [1.54, 1.807) is 0 Å². The molecule has 0 aliphatic carbocycles. The van der Waals surface area contributed by atoms with Gasteiger partial charge in [-0.15, -0.1) is 0 Å². The first-order valence-corrected chi connectivity index (χ1v) is 5.35. The van der Waals surface area contributed by atoms with Crippen LogP contribution in [-0.4, -0.2) is 35.5 Å². The highest BCUT2D eigenvalue weighted by atomic mass is 79.9. The molecule has 0 aromatic carbocycles. The molecule has 0 spiro atoms. The molecule has 0 aromatic rings. The van der Waals surface area contributed by atoms with Crippen molar-refractivity contribution in [3.63, 3.8) is 0 Å². The van der Waals surface area contributed by atoms with E-state index in [0.717, 1.165) is 32.4 Å². The second kappa shape index (κ2) is 4.64. The summed E-state index contributed by atoms with van der Waals surface area (Å²) in [5, 5.41) is 0. The van der Waals surface area contributed by atoms with E-state index in [9.17, 15) is 13.2 Å². The lowest BCUT2D eigenvalue weighted by Gasteiger charge is -2.29. The maximum atomic E-state index is 12.1. The van der Waals surface area contributed by atoms with Crippen LogP contribution < -0.4 is 0 Å². The molecule has 0 radical (unpaired) electrons. The summed E-state index contributed by atoms with van der Waals surface area (Å²) >= 11 is 2.67. The van der Waals surface area contributed by atoms with Crippen LogP contribution in [0, 0.1) is 0 Å². The predicted octanol–water partition coefficient (Wildman–Crippen LogP) is 2.80. The Balaban J connectivity index is 2.30. The summed E-state index contributed by atoms with van der Waals surface area (Å²) in [4.78, 5) is 0.495. The molecule has 0 bridgehead atoms. The zero-order valence-corrected chi connectivity index (χ0v) is 8.87. The summed E-state index contributed by atoms with van der Waals surface area (Å²) in [5.41, 5.74) is 0. The minimum Gasteiger partial charge on any atom is -0.302 e. The van der Waals surface area contributed by atoms with E-state index in [0.29, 0.717) is 0 Å². The van der Waals surface area contributed by atoms with Gasteiger partial charge in [0.25, 0.3) is 0 Å². The Labute approximate surface area is 84.4 Å².